The first kappa shape index (κ1) is 19.8. The molecule has 2 aromatic rings. The third-order valence-electron chi connectivity index (χ3n) is 4.35. The molecule has 7 nitrogen and oxygen atoms in total. The van der Waals surface area contributed by atoms with Crippen molar-refractivity contribution < 1.29 is 22.8 Å². The fourth-order valence-corrected chi connectivity index (χ4v) is 4.92. The number of anilines is 1. The fourth-order valence-electron chi connectivity index (χ4n) is 2.86. The number of nitrogens with one attached hydrogen (secondary N) is 3. The second-order valence-electron chi connectivity index (χ2n) is 6.34. The molecule has 0 spiro atoms. The minimum absolute atomic E-state index is 0.153. The topological polar surface area (TPSA) is 88.9 Å². The lowest BCUT2D eigenvalue weighted by Crippen LogP contribution is -3.14. The Balaban J connectivity index is 1.45. The highest BCUT2D eigenvalue weighted by Crippen LogP contribution is 2.20. The number of rotatable bonds is 8. The van der Waals surface area contributed by atoms with Crippen LogP contribution in [0.25, 0.3) is 0 Å². The smallest absolute Gasteiger partial charge is 0.271 e. The van der Waals surface area contributed by atoms with Gasteiger partial charge in [-0.1, -0.05) is 6.07 Å². The van der Waals surface area contributed by atoms with Gasteiger partial charge in [0.15, 0.2) is 0 Å². The van der Waals surface area contributed by atoms with Crippen LogP contribution < -0.4 is 14.9 Å². The zero-order valence-corrected chi connectivity index (χ0v) is 16.6. The van der Waals surface area contributed by atoms with Gasteiger partial charge in [-0.25, -0.2) is 8.42 Å². The third kappa shape index (κ3) is 5.77. The van der Waals surface area contributed by atoms with E-state index in [9.17, 15) is 13.2 Å². The lowest BCUT2D eigenvalue weighted by molar-refractivity contribution is -0.908. The number of hydrogen-bond acceptors (Lipinski definition) is 5. The van der Waals surface area contributed by atoms with E-state index in [0.29, 0.717) is 17.8 Å². The summed E-state index contributed by atoms with van der Waals surface area (Å²) in [5.41, 5.74) is 0.934. The summed E-state index contributed by atoms with van der Waals surface area (Å²) in [6, 6.07) is 9.67. The van der Waals surface area contributed by atoms with Crippen LogP contribution in [0.2, 0.25) is 0 Å². The maximum absolute atomic E-state index is 12.2. The van der Waals surface area contributed by atoms with Crippen LogP contribution in [0, 0.1) is 0 Å². The molecule has 1 amide bonds. The van der Waals surface area contributed by atoms with Crippen LogP contribution in [0.1, 0.15) is 16.8 Å². The number of carbonyl (C=O) groups excluding carboxylic acids is 1. The molecule has 0 aliphatic carbocycles. The summed E-state index contributed by atoms with van der Waals surface area (Å²) in [5, 5.41) is 4.62. The zero-order chi connectivity index (χ0) is 19.1. The van der Waals surface area contributed by atoms with Crippen LogP contribution in [0.3, 0.4) is 0 Å². The molecular formula is C18H24N3O4S2+. The number of sulfonamides is 1. The first-order chi connectivity index (χ1) is 13.0. The van der Waals surface area contributed by atoms with Crippen LogP contribution in [-0.2, 0) is 14.8 Å². The third-order valence-corrected chi connectivity index (χ3v) is 7.13. The van der Waals surface area contributed by atoms with Gasteiger partial charge in [0, 0.05) is 24.2 Å². The monoisotopic (exact) mass is 410 g/mol. The lowest BCUT2D eigenvalue weighted by Gasteiger charge is -2.23. The molecule has 146 valence electrons. The Hall–Kier alpha value is -1.94. The zero-order valence-electron chi connectivity index (χ0n) is 14.9. The van der Waals surface area contributed by atoms with Crippen molar-refractivity contribution in [3.63, 3.8) is 0 Å². The standard InChI is InChI=1S/C18H23N3O4S2/c22-18(19-8-2-9-21-10-12-25-13-11-21)15-4-6-16(7-5-15)20-27(23,24)17-3-1-14-26-17/h1,3-7,14,20H,2,8-13H2,(H,19,22)/p+1. The van der Waals surface area contributed by atoms with Crippen molar-refractivity contribution in [2.75, 3.05) is 44.1 Å². The molecular weight excluding hydrogens is 386 g/mol. The minimum Gasteiger partial charge on any atom is -0.370 e. The summed E-state index contributed by atoms with van der Waals surface area (Å²) >= 11 is 1.16. The van der Waals surface area contributed by atoms with Crippen molar-refractivity contribution in [2.45, 2.75) is 10.6 Å². The van der Waals surface area contributed by atoms with Gasteiger partial charge in [-0.05, 0) is 35.7 Å². The van der Waals surface area contributed by atoms with Crippen molar-refractivity contribution >= 4 is 33.0 Å². The lowest BCUT2D eigenvalue weighted by atomic mass is 10.2. The van der Waals surface area contributed by atoms with Crippen molar-refractivity contribution in [1.29, 1.82) is 0 Å². The van der Waals surface area contributed by atoms with Crippen molar-refractivity contribution in [3.05, 3.63) is 47.3 Å². The van der Waals surface area contributed by atoms with Gasteiger partial charge >= 0.3 is 0 Å². The van der Waals surface area contributed by atoms with Crippen LogP contribution >= 0.6 is 11.3 Å². The van der Waals surface area contributed by atoms with E-state index < -0.39 is 10.0 Å². The summed E-state index contributed by atoms with van der Waals surface area (Å²) in [4.78, 5) is 13.7. The number of quaternary nitrogens is 1. The Morgan fingerprint density at radius 1 is 1.15 bits per heavy atom. The Morgan fingerprint density at radius 2 is 1.89 bits per heavy atom. The van der Waals surface area contributed by atoms with E-state index in [2.05, 4.69) is 10.0 Å². The molecule has 1 saturated heterocycles. The molecule has 1 aliphatic heterocycles. The molecule has 0 saturated carbocycles. The fraction of sp³-hybridized carbons (Fsp3) is 0.389. The van der Waals surface area contributed by atoms with E-state index in [4.69, 9.17) is 4.74 Å². The van der Waals surface area contributed by atoms with Gasteiger partial charge in [0.2, 0.25) is 0 Å². The van der Waals surface area contributed by atoms with E-state index in [1.807, 2.05) is 0 Å². The maximum Gasteiger partial charge on any atom is 0.271 e. The number of carbonyl (C=O) groups is 1. The molecule has 0 unspecified atom stereocenters. The second kappa shape index (κ2) is 9.32. The maximum atomic E-state index is 12.2. The average Bonchev–Trinajstić information content (AvgIpc) is 3.22. The predicted octanol–water partition coefficient (Wildman–Crippen LogP) is 0.584. The highest BCUT2D eigenvalue weighted by Gasteiger charge is 2.16. The summed E-state index contributed by atoms with van der Waals surface area (Å²) in [7, 11) is -3.57. The molecule has 0 bridgehead atoms. The highest BCUT2D eigenvalue weighted by atomic mass is 32.2. The Morgan fingerprint density at radius 3 is 2.56 bits per heavy atom. The Bertz CT molecular complexity index is 830. The highest BCUT2D eigenvalue weighted by molar-refractivity contribution is 7.94. The number of benzene rings is 1. The molecule has 9 heteroatoms. The average molecular weight is 411 g/mol. The van der Waals surface area contributed by atoms with Gasteiger partial charge in [-0.2, -0.15) is 0 Å². The normalized spacial score (nSPS) is 15.4. The SMILES string of the molecule is O=C(NCCC[NH+]1CCOCC1)c1ccc(NS(=O)(=O)c2cccs2)cc1. The summed E-state index contributed by atoms with van der Waals surface area (Å²) in [5.74, 6) is -0.153. The predicted molar refractivity (Wildman–Crippen MR) is 105 cm³/mol. The number of ether oxygens (including phenoxy) is 1. The van der Waals surface area contributed by atoms with Crippen molar-refractivity contribution in [3.8, 4) is 0 Å². The summed E-state index contributed by atoms with van der Waals surface area (Å²) < 4.78 is 32.5. The molecule has 0 radical (unpaired) electrons. The van der Waals surface area contributed by atoms with Gasteiger partial charge in [0.05, 0.1) is 19.8 Å². The summed E-state index contributed by atoms with van der Waals surface area (Å²) in [6.07, 6.45) is 0.916. The van der Waals surface area contributed by atoms with Crippen LogP contribution in [-0.4, -0.2) is 53.7 Å². The summed E-state index contributed by atoms with van der Waals surface area (Å²) in [6.45, 7) is 5.31. The van der Waals surface area contributed by atoms with Gasteiger partial charge in [-0.15, -0.1) is 11.3 Å². The first-order valence-corrected chi connectivity index (χ1v) is 11.3. The van der Waals surface area contributed by atoms with E-state index in [1.54, 1.807) is 41.8 Å². The van der Waals surface area contributed by atoms with E-state index in [0.717, 1.165) is 50.6 Å². The van der Waals surface area contributed by atoms with Crippen LogP contribution in [0.4, 0.5) is 5.69 Å². The van der Waals surface area contributed by atoms with Gasteiger partial charge in [0.25, 0.3) is 15.9 Å². The van der Waals surface area contributed by atoms with Gasteiger partial charge < -0.3 is 15.0 Å². The quantitative estimate of drug-likeness (QED) is 0.556. The number of hydrogen-bond donors (Lipinski definition) is 3. The van der Waals surface area contributed by atoms with E-state index >= 15 is 0 Å². The Labute approximate surface area is 163 Å². The molecule has 1 aromatic carbocycles. The minimum atomic E-state index is -3.57. The number of amides is 1. The molecule has 1 fully saturated rings. The molecule has 3 N–H and O–H groups in total. The van der Waals surface area contributed by atoms with Crippen molar-refractivity contribution in [1.82, 2.24) is 5.32 Å². The van der Waals surface area contributed by atoms with Crippen LogP contribution in [0.15, 0.2) is 46.0 Å². The van der Waals surface area contributed by atoms with Crippen LogP contribution in [0.5, 0.6) is 0 Å². The van der Waals surface area contributed by atoms with Gasteiger partial charge in [0.1, 0.15) is 17.3 Å². The second-order valence-corrected chi connectivity index (χ2v) is 9.19. The van der Waals surface area contributed by atoms with E-state index in [-0.39, 0.29) is 10.1 Å². The molecule has 3 rings (SSSR count). The molecule has 0 atom stereocenters. The first-order valence-electron chi connectivity index (χ1n) is 8.90. The van der Waals surface area contributed by atoms with Gasteiger partial charge in [-0.3, -0.25) is 9.52 Å². The largest absolute Gasteiger partial charge is 0.370 e. The number of morpholine rings is 1. The molecule has 1 aliphatic rings. The number of thiophene rings is 1. The molecule has 2 heterocycles. The molecule has 1 aromatic heterocycles. The van der Waals surface area contributed by atoms with Crippen molar-refractivity contribution in [2.24, 2.45) is 0 Å². The van der Waals surface area contributed by atoms with E-state index in [1.165, 1.54) is 4.90 Å². The Kier molecular flexibility index (Phi) is 6.84. The molecule has 27 heavy (non-hydrogen) atoms.